The topological polar surface area (TPSA) is 83.1 Å². The van der Waals surface area contributed by atoms with Crippen molar-refractivity contribution in [3.8, 4) is 6.07 Å². The average Bonchev–Trinajstić information content (AvgIpc) is 3.06. The fourth-order valence-corrected chi connectivity index (χ4v) is 2.99. The van der Waals surface area contributed by atoms with Gasteiger partial charge in [-0.05, 0) is 0 Å². The summed E-state index contributed by atoms with van der Waals surface area (Å²) in [4.78, 5) is 23.5. The Morgan fingerprint density at radius 1 is 1.29 bits per heavy atom. The summed E-state index contributed by atoms with van der Waals surface area (Å²) in [5, 5.41) is 10.9. The summed E-state index contributed by atoms with van der Waals surface area (Å²) in [5.74, 6) is -0.451. The van der Waals surface area contributed by atoms with Crippen molar-refractivity contribution < 1.29 is 27.2 Å². The Morgan fingerprint density at radius 2 is 2.04 bits per heavy atom. The van der Waals surface area contributed by atoms with Crippen LogP contribution in [0.4, 0.5) is 18.9 Å². The number of nitrogens with zero attached hydrogens (tertiary/aromatic N) is 1. The van der Waals surface area contributed by atoms with Crippen LogP contribution in [-0.2, 0) is 11.0 Å². The monoisotopic (exact) mass is 402 g/mol. The maximum atomic E-state index is 12.8. The van der Waals surface area contributed by atoms with E-state index in [0.717, 1.165) is 6.07 Å². The molecule has 1 aromatic carbocycles. The fraction of sp³-hybridized carbons (Fsp3) is 0.133. The Morgan fingerprint density at radius 3 is 2.62 bits per heavy atom. The van der Waals surface area contributed by atoms with Crippen LogP contribution >= 0.6 is 0 Å². The third kappa shape index (κ3) is 4.47. The molecule has 1 N–H and O–H groups in total. The van der Waals surface area contributed by atoms with E-state index in [9.17, 15) is 22.8 Å². The summed E-state index contributed by atoms with van der Waals surface area (Å²) in [6.45, 7) is 0. The van der Waals surface area contributed by atoms with Crippen molar-refractivity contribution in [2.75, 3.05) is 5.32 Å². The van der Waals surface area contributed by atoms with Crippen LogP contribution in [0.5, 0.6) is 0 Å². The van der Waals surface area contributed by atoms with Crippen molar-refractivity contribution >= 4 is 31.2 Å². The van der Waals surface area contributed by atoms with Gasteiger partial charge in [0.15, 0.2) is 0 Å². The van der Waals surface area contributed by atoms with Gasteiger partial charge in [-0.3, -0.25) is 0 Å². The van der Waals surface area contributed by atoms with E-state index in [1.165, 1.54) is 24.5 Å². The van der Waals surface area contributed by atoms with Crippen LogP contribution in [0, 0.1) is 11.3 Å². The number of carbonyl (C=O) groups excluding carboxylic acids is 2. The van der Waals surface area contributed by atoms with Gasteiger partial charge in [-0.25, -0.2) is 0 Å². The van der Waals surface area contributed by atoms with E-state index in [4.69, 9.17) is 9.68 Å². The second kappa shape index (κ2) is 7.34. The van der Waals surface area contributed by atoms with Crippen molar-refractivity contribution in [1.82, 2.24) is 0 Å². The standard InChI is InChI=1S/C15H9F3N2O3Se/c16-15(17,18)11-6-10(4-3-9(11)7-19)20-13(21)8-24-14(22)12-2-1-5-23-12/h1-6H,8H2,(H,20,21). The first-order valence-corrected chi connectivity index (χ1v) is 8.50. The normalized spacial score (nSPS) is 10.9. The summed E-state index contributed by atoms with van der Waals surface area (Å²) in [6, 6.07) is 7.34. The van der Waals surface area contributed by atoms with Gasteiger partial charge in [-0.1, -0.05) is 0 Å². The predicted molar refractivity (Wildman–Crippen MR) is 78.4 cm³/mol. The Hall–Kier alpha value is -2.56. The number of hydrogen-bond donors (Lipinski definition) is 1. The molecule has 5 nitrogen and oxygen atoms in total. The number of hydrogen-bond acceptors (Lipinski definition) is 4. The van der Waals surface area contributed by atoms with Crippen LogP contribution < -0.4 is 5.32 Å². The van der Waals surface area contributed by atoms with E-state index >= 15 is 0 Å². The van der Waals surface area contributed by atoms with Gasteiger partial charge in [-0.15, -0.1) is 0 Å². The fourth-order valence-electron chi connectivity index (χ4n) is 1.75. The molecule has 0 radical (unpaired) electrons. The summed E-state index contributed by atoms with van der Waals surface area (Å²) in [6.07, 6.45) is -3.37. The Labute approximate surface area is 140 Å². The number of amides is 1. The van der Waals surface area contributed by atoms with Crippen LogP contribution in [0.2, 0.25) is 5.32 Å². The van der Waals surface area contributed by atoms with Gasteiger partial charge in [0.1, 0.15) is 0 Å². The van der Waals surface area contributed by atoms with Crippen LogP contribution in [0.15, 0.2) is 41.0 Å². The molecule has 1 aromatic heterocycles. The number of halogens is 3. The minimum atomic E-state index is -4.70. The van der Waals surface area contributed by atoms with Crippen molar-refractivity contribution in [3.63, 3.8) is 0 Å². The maximum absolute atomic E-state index is 12.8. The molecule has 0 unspecified atom stereocenters. The quantitative estimate of drug-likeness (QED) is 0.781. The summed E-state index contributed by atoms with van der Waals surface area (Å²) >= 11 is -0.735. The number of benzene rings is 1. The van der Waals surface area contributed by atoms with E-state index in [1.54, 1.807) is 6.07 Å². The first kappa shape index (κ1) is 17.8. The van der Waals surface area contributed by atoms with Crippen molar-refractivity contribution in [2.45, 2.75) is 11.5 Å². The first-order valence-electron chi connectivity index (χ1n) is 6.43. The number of nitrogens with one attached hydrogen (secondary N) is 1. The van der Waals surface area contributed by atoms with Crippen LogP contribution in [-0.4, -0.2) is 25.5 Å². The van der Waals surface area contributed by atoms with Crippen molar-refractivity contribution in [2.24, 2.45) is 0 Å². The zero-order valence-electron chi connectivity index (χ0n) is 11.9. The molecule has 1 amide bonds. The second-order valence-corrected chi connectivity index (χ2v) is 6.46. The van der Waals surface area contributed by atoms with Gasteiger partial charge in [0.2, 0.25) is 0 Å². The molecule has 9 heteroatoms. The third-order valence-electron chi connectivity index (χ3n) is 2.79. The predicted octanol–water partition coefficient (Wildman–Crippen LogP) is 3.07. The molecule has 0 aliphatic heterocycles. The van der Waals surface area contributed by atoms with Gasteiger partial charge in [0.25, 0.3) is 0 Å². The van der Waals surface area contributed by atoms with Crippen molar-refractivity contribution in [3.05, 3.63) is 53.5 Å². The molecule has 0 aliphatic carbocycles. The summed E-state index contributed by atoms with van der Waals surface area (Å²) in [5.41, 5.74) is -1.75. The molecular weight excluding hydrogens is 392 g/mol. The number of furan rings is 1. The molecule has 0 saturated carbocycles. The zero-order chi connectivity index (χ0) is 17.7. The number of rotatable bonds is 5. The molecule has 0 fully saturated rings. The molecule has 0 atom stereocenters. The van der Waals surface area contributed by atoms with E-state index in [2.05, 4.69) is 5.32 Å². The number of anilines is 1. The van der Waals surface area contributed by atoms with E-state index < -0.39 is 38.2 Å². The van der Waals surface area contributed by atoms with Crippen LogP contribution in [0.1, 0.15) is 21.7 Å². The van der Waals surface area contributed by atoms with Gasteiger partial charge in [0, 0.05) is 0 Å². The third-order valence-corrected chi connectivity index (χ3v) is 4.61. The van der Waals surface area contributed by atoms with Crippen LogP contribution in [0.25, 0.3) is 0 Å². The number of nitriles is 1. The van der Waals surface area contributed by atoms with E-state index in [0.29, 0.717) is 6.07 Å². The van der Waals surface area contributed by atoms with Gasteiger partial charge in [0.05, 0.1) is 0 Å². The minimum absolute atomic E-state index is 0.0902. The molecule has 2 aromatic rings. The molecule has 0 bridgehead atoms. The Kier molecular flexibility index (Phi) is 5.44. The molecule has 24 heavy (non-hydrogen) atoms. The molecule has 124 valence electrons. The second-order valence-electron chi connectivity index (χ2n) is 4.47. The molecule has 0 spiro atoms. The molecule has 0 saturated heterocycles. The van der Waals surface area contributed by atoms with Crippen LogP contribution in [0.3, 0.4) is 0 Å². The molecule has 1 heterocycles. The summed E-state index contributed by atoms with van der Waals surface area (Å²) in [7, 11) is 0. The zero-order valence-corrected chi connectivity index (χ0v) is 13.6. The SMILES string of the molecule is N#Cc1ccc(NC(=O)C[Se]C(=O)c2ccco2)cc1C(F)(F)F. The first-order chi connectivity index (χ1) is 11.3. The molecule has 0 aliphatic rings. The Bertz CT molecular complexity index is 795. The van der Waals surface area contributed by atoms with Gasteiger partial charge in [-0.2, -0.15) is 0 Å². The van der Waals surface area contributed by atoms with Crippen molar-refractivity contribution in [1.29, 1.82) is 5.26 Å². The van der Waals surface area contributed by atoms with E-state index in [-0.39, 0.29) is 21.4 Å². The number of alkyl halides is 3. The number of carbonyl (C=O) groups is 2. The van der Waals surface area contributed by atoms with E-state index in [1.807, 2.05) is 0 Å². The molecular formula is C15H9F3N2O3Se. The molecule has 2 rings (SSSR count). The van der Waals surface area contributed by atoms with Gasteiger partial charge < -0.3 is 0 Å². The summed E-state index contributed by atoms with van der Waals surface area (Å²) < 4.78 is 43.1. The average molecular weight is 401 g/mol. The Balaban J connectivity index is 2.02. The van der Waals surface area contributed by atoms with Gasteiger partial charge >= 0.3 is 140 Å².